The van der Waals surface area contributed by atoms with E-state index < -0.39 is 0 Å². The molecular formula is C17H27N3OS. The number of nitrogens with one attached hydrogen (secondary N) is 2. The van der Waals surface area contributed by atoms with Gasteiger partial charge in [0, 0.05) is 12.2 Å². The Morgan fingerprint density at radius 1 is 1.27 bits per heavy atom. The molecule has 1 aromatic rings. The third kappa shape index (κ3) is 5.81. The zero-order valence-corrected chi connectivity index (χ0v) is 14.4. The zero-order valence-electron chi connectivity index (χ0n) is 13.6. The summed E-state index contributed by atoms with van der Waals surface area (Å²) in [6.07, 6.45) is 3.80. The number of anilines is 1. The number of thiocarbonyl (C=S) groups is 1. The van der Waals surface area contributed by atoms with E-state index in [9.17, 15) is 0 Å². The maximum absolute atomic E-state index is 5.32. The molecule has 1 heterocycles. The van der Waals surface area contributed by atoms with Crippen LogP contribution < -0.4 is 15.4 Å². The third-order valence-corrected chi connectivity index (χ3v) is 4.41. The first kappa shape index (κ1) is 17.0. The predicted octanol–water partition coefficient (Wildman–Crippen LogP) is 3.10. The van der Waals surface area contributed by atoms with Gasteiger partial charge in [0.2, 0.25) is 0 Å². The Labute approximate surface area is 139 Å². The fourth-order valence-corrected chi connectivity index (χ4v) is 2.86. The van der Waals surface area contributed by atoms with Gasteiger partial charge in [-0.3, -0.25) is 0 Å². The van der Waals surface area contributed by atoms with Crippen LogP contribution in [0.25, 0.3) is 0 Å². The van der Waals surface area contributed by atoms with E-state index in [0.717, 1.165) is 36.9 Å². The Morgan fingerprint density at radius 3 is 2.59 bits per heavy atom. The summed E-state index contributed by atoms with van der Waals surface area (Å²) in [6.45, 7) is 6.91. The third-order valence-electron chi connectivity index (χ3n) is 4.16. The molecule has 0 bridgehead atoms. The van der Waals surface area contributed by atoms with Crippen molar-refractivity contribution in [3.63, 3.8) is 0 Å². The normalized spacial score (nSPS) is 16.3. The number of hydrogen-bond donors (Lipinski definition) is 2. The van der Waals surface area contributed by atoms with Crippen LogP contribution in [0.5, 0.6) is 5.75 Å². The summed E-state index contributed by atoms with van der Waals surface area (Å²) in [4.78, 5) is 2.56. The minimum atomic E-state index is 0.678. The van der Waals surface area contributed by atoms with Gasteiger partial charge in [-0.25, -0.2) is 0 Å². The maximum Gasteiger partial charge on any atom is 0.170 e. The van der Waals surface area contributed by atoms with Crippen LogP contribution in [0, 0.1) is 5.92 Å². The molecule has 1 fully saturated rings. The number of ether oxygens (including phenoxy) is 1. The van der Waals surface area contributed by atoms with Crippen molar-refractivity contribution in [2.75, 3.05) is 38.6 Å². The van der Waals surface area contributed by atoms with Gasteiger partial charge >= 0.3 is 0 Å². The minimum absolute atomic E-state index is 0.678. The summed E-state index contributed by atoms with van der Waals surface area (Å²) in [5, 5.41) is 7.14. The van der Waals surface area contributed by atoms with Crippen molar-refractivity contribution in [1.29, 1.82) is 0 Å². The van der Waals surface area contributed by atoms with Crippen LogP contribution >= 0.6 is 12.2 Å². The monoisotopic (exact) mass is 321 g/mol. The van der Waals surface area contributed by atoms with Crippen LogP contribution in [0.4, 0.5) is 5.69 Å². The van der Waals surface area contributed by atoms with Crippen molar-refractivity contribution in [1.82, 2.24) is 10.2 Å². The van der Waals surface area contributed by atoms with Gasteiger partial charge in [-0.2, -0.15) is 0 Å². The largest absolute Gasteiger partial charge is 0.497 e. The molecule has 2 N–H and O–H groups in total. The molecule has 5 heteroatoms. The van der Waals surface area contributed by atoms with Gasteiger partial charge in [0.1, 0.15) is 5.75 Å². The molecule has 0 atom stereocenters. The topological polar surface area (TPSA) is 36.5 Å². The summed E-state index contributed by atoms with van der Waals surface area (Å²) in [7, 11) is 1.66. The van der Waals surface area contributed by atoms with Crippen LogP contribution in [0.2, 0.25) is 0 Å². The highest BCUT2D eigenvalue weighted by atomic mass is 32.1. The fourth-order valence-electron chi connectivity index (χ4n) is 2.64. The van der Waals surface area contributed by atoms with E-state index in [1.807, 2.05) is 24.3 Å². The van der Waals surface area contributed by atoms with Crippen molar-refractivity contribution in [2.24, 2.45) is 5.92 Å². The number of likely N-dealkylation sites (tertiary alicyclic amines) is 1. The van der Waals surface area contributed by atoms with Crippen molar-refractivity contribution in [2.45, 2.75) is 26.2 Å². The number of piperidine rings is 1. The Kier molecular flexibility index (Phi) is 6.93. The minimum Gasteiger partial charge on any atom is -0.497 e. The summed E-state index contributed by atoms with van der Waals surface area (Å²) in [5.41, 5.74) is 0.975. The van der Waals surface area contributed by atoms with Crippen LogP contribution in [0.1, 0.15) is 26.2 Å². The van der Waals surface area contributed by atoms with E-state index in [-0.39, 0.29) is 0 Å². The molecule has 0 saturated carbocycles. The zero-order chi connectivity index (χ0) is 15.8. The lowest BCUT2D eigenvalue weighted by Gasteiger charge is -2.30. The molecule has 1 aliphatic rings. The van der Waals surface area contributed by atoms with Gasteiger partial charge < -0.3 is 20.3 Å². The number of benzene rings is 1. The average molecular weight is 321 g/mol. The Morgan fingerprint density at radius 2 is 1.95 bits per heavy atom. The van der Waals surface area contributed by atoms with E-state index >= 15 is 0 Å². The highest BCUT2D eigenvalue weighted by Gasteiger charge is 2.14. The van der Waals surface area contributed by atoms with Gasteiger partial charge in [0.05, 0.1) is 7.11 Å². The summed E-state index contributed by atoms with van der Waals surface area (Å²) in [5.74, 6) is 1.75. The average Bonchev–Trinajstić information content (AvgIpc) is 2.54. The maximum atomic E-state index is 5.32. The quantitative estimate of drug-likeness (QED) is 0.622. The second kappa shape index (κ2) is 8.96. The van der Waals surface area contributed by atoms with Crippen LogP contribution in [0.15, 0.2) is 24.3 Å². The van der Waals surface area contributed by atoms with Gasteiger partial charge in [0.25, 0.3) is 0 Å². The number of nitrogens with zero attached hydrogens (tertiary/aromatic N) is 1. The van der Waals surface area contributed by atoms with E-state index in [2.05, 4.69) is 22.5 Å². The van der Waals surface area contributed by atoms with E-state index in [1.165, 1.54) is 25.9 Å². The molecule has 0 aliphatic carbocycles. The highest BCUT2D eigenvalue weighted by Crippen LogP contribution is 2.16. The number of methoxy groups -OCH3 is 1. The molecular weight excluding hydrogens is 294 g/mol. The molecule has 1 saturated heterocycles. The Bertz CT molecular complexity index is 455. The van der Waals surface area contributed by atoms with Crippen LogP contribution in [-0.4, -0.2) is 43.3 Å². The van der Waals surface area contributed by atoms with Gasteiger partial charge in [-0.05, 0) is 81.3 Å². The van der Waals surface area contributed by atoms with Gasteiger partial charge in [0.15, 0.2) is 5.11 Å². The molecule has 0 unspecified atom stereocenters. The molecule has 0 spiro atoms. The SMILES string of the molecule is COc1ccc(NC(=S)NCCCN2CCC(C)CC2)cc1. The molecule has 4 nitrogen and oxygen atoms in total. The summed E-state index contributed by atoms with van der Waals surface area (Å²) < 4.78 is 5.14. The summed E-state index contributed by atoms with van der Waals surface area (Å²) >= 11 is 5.32. The first-order chi connectivity index (χ1) is 10.7. The predicted molar refractivity (Wildman–Crippen MR) is 96.7 cm³/mol. The fraction of sp³-hybridized carbons (Fsp3) is 0.588. The van der Waals surface area contributed by atoms with Crippen LogP contribution in [0.3, 0.4) is 0 Å². The molecule has 1 aliphatic heterocycles. The molecule has 0 amide bonds. The molecule has 122 valence electrons. The summed E-state index contributed by atoms with van der Waals surface area (Å²) in [6, 6.07) is 7.76. The lowest BCUT2D eigenvalue weighted by Crippen LogP contribution is -2.36. The second-order valence-corrected chi connectivity index (χ2v) is 6.40. The lowest BCUT2D eigenvalue weighted by molar-refractivity contribution is 0.191. The van der Waals surface area contributed by atoms with Crippen LogP contribution in [-0.2, 0) is 0 Å². The molecule has 22 heavy (non-hydrogen) atoms. The highest BCUT2D eigenvalue weighted by molar-refractivity contribution is 7.80. The van der Waals surface area contributed by atoms with Gasteiger partial charge in [-0.15, -0.1) is 0 Å². The number of rotatable bonds is 6. The van der Waals surface area contributed by atoms with Crippen molar-refractivity contribution in [3.05, 3.63) is 24.3 Å². The van der Waals surface area contributed by atoms with E-state index in [0.29, 0.717) is 5.11 Å². The molecule has 0 radical (unpaired) electrons. The first-order valence-electron chi connectivity index (χ1n) is 8.08. The standard InChI is InChI=1S/C17H27N3OS/c1-14-8-12-20(13-9-14)11-3-10-18-17(22)19-15-4-6-16(21-2)7-5-15/h4-7,14H,3,8-13H2,1-2H3,(H2,18,19,22). The Hall–Kier alpha value is -1.33. The first-order valence-corrected chi connectivity index (χ1v) is 8.49. The molecule has 1 aromatic carbocycles. The van der Waals surface area contributed by atoms with Gasteiger partial charge in [-0.1, -0.05) is 6.92 Å². The van der Waals surface area contributed by atoms with Crippen molar-refractivity contribution in [3.8, 4) is 5.75 Å². The van der Waals surface area contributed by atoms with Crippen molar-refractivity contribution >= 4 is 23.0 Å². The number of hydrogen-bond acceptors (Lipinski definition) is 3. The van der Waals surface area contributed by atoms with Crippen molar-refractivity contribution < 1.29 is 4.74 Å². The van der Waals surface area contributed by atoms with E-state index in [4.69, 9.17) is 17.0 Å². The molecule has 0 aromatic heterocycles. The smallest absolute Gasteiger partial charge is 0.170 e. The lowest BCUT2D eigenvalue weighted by atomic mass is 9.99. The van der Waals surface area contributed by atoms with E-state index in [1.54, 1.807) is 7.11 Å². The second-order valence-electron chi connectivity index (χ2n) is 5.99. The molecule has 2 rings (SSSR count). The Balaban J connectivity index is 1.59.